The van der Waals surface area contributed by atoms with Crippen LogP contribution in [0.25, 0.3) is 10.4 Å². The fourth-order valence-electron chi connectivity index (χ4n) is 0.700. The number of rotatable bonds is 1. The molecule has 1 heterocycles. The Balaban J connectivity index is 2.31. The van der Waals surface area contributed by atoms with Gasteiger partial charge in [0.15, 0.2) is 0 Å². The van der Waals surface area contributed by atoms with E-state index >= 15 is 0 Å². The number of hydrogen-bond donors (Lipinski definition) is 0. The Bertz CT molecular complexity index is 125. The summed E-state index contributed by atoms with van der Waals surface area (Å²) < 4.78 is 5.02. The van der Waals surface area contributed by atoms with Crippen LogP contribution in [-0.2, 0) is 4.74 Å². The van der Waals surface area contributed by atoms with Gasteiger partial charge >= 0.3 is 0 Å². The number of morpholine rings is 1. The highest BCUT2D eigenvalue weighted by atomic mass is 16.5. The summed E-state index contributed by atoms with van der Waals surface area (Å²) in [4.78, 5) is 2.65. The topological polar surface area (TPSA) is 61.2 Å². The second-order valence-electron chi connectivity index (χ2n) is 1.74. The predicted molar refractivity (Wildman–Crippen MR) is 31.5 cm³/mol. The summed E-state index contributed by atoms with van der Waals surface area (Å²) in [6.07, 6.45) is 0. The minimum absolute atomic E-state index is 0.666. The van der Waals surface area contributed by atoms with Gasteiger partial charge in [0.05, 0.1) is 13.2 Å². The molecule has 0 aliphatic carbocycles. The summed E-state index contributed by atoms with van der Waals surface area (Å²) in [5.74, 6) is 0. The standard InChI is InChI=1S/C4H8N4O/c5-6-7-8-1-3-9-4-2-8/h1-4H2. The first-order valence-corrected chi connectivity index (χ1v) is 2.81. The molecule has 0 aromatic carbocycles. The van der Waals surface area contributed by atoms with Gasteiger partial charge in [0.25, 0.3) is 0 Å². The van der Waals surface area contributed by atoms with Crippen LogP contribution in [0.5, 0.6) is 0 Å². The van der Waals surface area contributed by atoms with Crippen LogP contribution in [0.2, 0.25) is 0 Å². The molecule has 0 unspecified atom stereocenters. The van der Waals surface area contributed by atoms with Gasteiger partial charge < -0.3 is 4.74 Å². The molecular formula is C4H8N4O. The lowest BCUT2D eigenvalue weighted by Gasteiger charge is -2.18. The van der Waals surface area contributed by atoms with Gasteiger partial charge in [-0.15, -0.1) is 5.53 Å². The molecule has 0 atom stereocenters. The van der Waals surface area contributed by atoms with Gasteiger partial charge in [-0.2, -0.15) is 4.91 Å². The molecule has 0 aromatic heterocycles. The minimum Gasteiger partial charge on any atom is -0.373 e. The maximum absolute atomic E-state index is 7.99. The third-order valence-corrected chi connectivity index (χ3v) is 1.15. The molecule has 0 radical (unpaired) electrons. The fraction of sp³-hybridized carbons (Fsp3) is 1.00. The SMILES string of the molecule is [N-]=[N+]=NN1CCOCC1. The quantitative estimate of drug-likeness (QED) is 0.294. The maximum atomic E-state index is 7.99. The molecular weight excluding hydrogens is 120 g/mol. The van der Waals surface area contributed by atoms with Crippen molar-refractivity contribution in [3.8, 4) is 0 Å². The van der Waals surface area contributed by atoms with Gasteiger partial charge in [-0.05, 0) is 5.22 Å². The normalized spacial score (nSPS) is 18.9. The molecule has 0 amide bonds. The molecule has 50 valence electrons. The Morgan fingerprint density at radius 3 is 2.67 bits per heavy atom. The number of azide groups is 1. The maximum Gasteiger partial charge on any atom is 0.112 e. The summed E-state index contributed by atoms with van der Waals surface area (Å²) in [6, 6.07) is 0. The molecule has 1 aliphatic rings. The Hall–Kier alpha value is -0.930. The van der Waals surface area contributed by atoms with Crippen LogP contribution in [0, 0.1) is 0 Å². The molecule has 1 saturated heterocycles. The van der Waals surface area contributed by atoms with Gasteiger partial charge in [0.2, 0.25) is 0 Å². The zero-order valence-corrected chi connectivity index (χ0v) is 5.03. The largest absolute Gasteiger partial charge is 0.373 e. The van der Waals surface area contributed by atoms with E-state index in [2.05, 4.69) is 10.1 Å². The average Bonchev–Trinajstić information content (AvgIpc) is 1.91. The van der Waals surface area contributed by atoms with Crippen molar-refractivity contribution >= 4 is 0 Å². The first-order valence-electron chi connectivity index (χ1n) is 2.81. The van der Waals surface area contributed by atoms with Gasteiger partial charge in [-0.3, -0.25) is 0 Å². The number of hydrogen-bond acceptors (Lipinski definition) is 2. The van der Waals surface area contributed by atoms with Crippen molar-refractivity contribution in [1.82, 2.24) is 5.01 Å². The fourth-order valence-corrected chi connectivity index (χ4v) is 0.700. The van der Waals surface area contributed by atoms with Crippen LogP contribution in [-0.4, -0.2) is 31.3 Å². The van der Waals surface area contributed by atoms with Crippen LogP contribution in [0.3, 0.4) is 0 Å². The molecule has 5 heteroatoms. The molecule has 1 aliphatic heterocycles. The first kappa shape index (κ1) is 6.19. The van der Waals surface area contributed by atoms with Crippen LogP contribution in [0.15, 0.2) is 5.22 Å². The van der Waals surface area contributed by atoms with Crippen LogP contribution in [0.1, 0.15) is 0 Å². The highest BCUT2D eigenvalue weighted by Crippen LogP contribution is 1.95. The van der Waals surface area contributed by atoms with Crippen molar-refractivity contribution in [2.75, 3.05) is 26.3 Å². The molecule has 1 fully saturated rings. The van der Waals surface area contributed by atoms with Gasteiger partial charge in [-0.1, -0.05) is 0 Å². The zero-order chi connectivity index (χ0) is 6.53. The second-order valence-corrected chi connectivity index (χ2v) is 1.74. The van der Waals surface area contributed by atoms with Crippen molar-refractivity contribution in [2.45, 2.75) is 0 Å². The van der Waals surface area contributed by atoms with E-state index < -0.39 is 0 Å². The molecule has 0 spiro atoms. The zero-order valence-electron chi connectivity index (χ0n) is 5.03. The number of nitrogens with zero attached hydrogens (tertiary/aromatic N) is 4. The van der Waals surface area contributed by atoms with E-state index in [1.54, 1.807) is 5.01 Å². The van der Waals surface area contributed by atoms with E-state index in [0.29, 0.717) is 26.3 Å². The smallest absolute Gasteiger partial charge is 0.112 e. The van der Waals surface area contributed by atoms with Gasteiger partial charge in [-0.25, -0.2) is 5.01 Å². The molecule has 1 rings (SSSR count). The Morgan fingerprint density at radius 2 is 2.11 bits per heavy atom. The predicted octanol–water partition coefficient (Wildman–Crippen LogP) is 0.544. The lowest BCUT2D eigenvalue weighted by Crippen LogP contribution is -2.31. The van der Waals surface area contributed by atoms with E-state index in [9.17, 15) is 0 Å². The molecule has 0 N–H and O–H groups in total. The highest BCUT2D eigenvalue weighted by Gasteiger charge is 2.08. The van der Waals surface area contributed by atoms with Gasteiger partial charge in [0, 0.05) is 0 Å². The van der Waals surface area contributed by atoms with Crippen LogP contribution < -0.4 is 0 Å². The summed E-state index contributed by atoms with van der Waals surface area (Å²) in [6.45, 7) is 2.76. The Morgan fingerprint density at radius 1 is 1.44 bits per heavy atom. The van der Waals surface area contributed by atoms with Crippen molar-refractivity contribution in [2.24, 2.45) is 5.22 Å². The van der Waals surface area contributed by atoms with Crippen molar-refractivity contribution in [1.29, 1.82) is 0 Å². The average molecular weight is 128 g/mol. The van der Waals surface area contributed by atoms with Crippen LogP contribution in [0.4, 0.5) is 0 Å². The molecule has 0 saturated carbocycles. The first-order chi connectivity index (χ1) is 4.43. The molecule has 0 aromatic rings. The highest BCUT2D eigenvalue weighted by molar-refractivity contribution is 4.56. The second kappa shape index (κ2) is 3.17. The lowest BCUT2D eigenvalue weighted by atomic mass is 10.5. The molecule has 0 bridgehead atoms. The van der Waals surface area contributed by atoms with Gasteiger partial charge in [0.1, 0.15) is 13.1 Å². The summed E-state index contributed by atoms with van der Waals surface area (Å²) >= 11 is 0. The van der Waals surface area contributed by atoms with Crippen molar-refractivity contribution < 1.29 is 4.74 Å². The van der Waals surface area contributed by atoms with E-state index in [1.165, 1.54) is 0 Å². The minimum atomic E-state index is 0.666. The molecule has 9 heavy (non-hydrogen) atoms. The van der Waals surface area contributed by atoms with Crippen molar-refractivity contribution in [3.63, 3.8) is 0 Å². The van der Waals surface area contributed by atoms with E-state index in [-0.39, 0.29) is 0 Å². The molecule has 5 nitrogen and oxygen atoms in total. The third kappa shape index (κ3) is 1.79. The lowest BCUT2D eigenvalue weighted by molar-refractivity contribution is 0.0381. The van der Waals surface area contributed by atoms with E-state index in [4.69, 9.17) is 10.3 Å². The third-order valence-electron chi connectivity index (χ3n) is 1.15. The van der Waals surface area contributed by atoms with Crippen LogP contribution >= 0.6 is 0 Å². The van der Waals surface area contributed by atoms with E-state index in [0.717, 1.165) is 0 Å². The number of ether oxygens (including phenoxy) is 1. The van der Waals surface area contributed by atoms with E-state index in [1.807, 2.05) is 0 Å². The summed E-state index contributed by atoms with van der Waals surface area (Å²) in [7, 11) is 0. The summed E-state index contributed by atoms with van der Waals surface area (Å²) in [5, 5.41) is 5.07. The Labute approximate surface area is 52.8 Å². The summed E-state index contributed by atoms with van der Waals surface area (Å²) in [5.41, 5.74) is 7.99. The van der Waals surface area contributed by atoms with Crippen molar-refractivity contribution in [3.05, 3.63) is 10.4 Å². The Kier molecular flexibility index (Phi) is 2.18. The monoisotopic (exact) mass is 128 g/mol.